The van der Waals surface area contributed by atoms with Gasteiger partial charge in [0.15, 0.2) is 0 Å². The molecule has 0 aromatic heterocycles. The molecular formula is C23H36N2O2. The number of nitrogens with zero attached hydrogens (tertiary/aromatic N) is 2. The lowest BCUT2D eigenvalue weighted by molar-refractivity contribution is -0.178. The zero-order valence-electron chi connectivity index (χ0n) is 17.3. The molecule has 0 bridgehead atoms. The summed E-state index contributed by atoms with van der Waals surface area (Å²) in [5, 5.41) is 0. The van der Waals surface area contributed by atoms with E-state index in [1.165, 1.54) is 38.9 Å². The third-order valence-corrected chi connectivity index (χ3v) is 6.49. The van der Waals surface area contributed by atoms with Gasteiger partial charge in [0.1, 0.15) is 5.60 Å². The van der Waals surface area contributed by atoms with Crippen LogP contribution in [0.1, 0.15) is 58.4 Å². The van der Waals surface area contributed by atoms with E-state index in [9.17, 15) is 4.79 Å². The van der Waals surface area contributed by atoms with Crippen LogP contribution in [-0.4, -0.2) is 54.5 Å². The summed E-state index contributed by atoms with van der Waals surface area (Å²) < 4.78 is 6.16. The Labute approximate surface area is 164 Å². The molecule has 2 aliphatic rings. The summed E-state index contributed by atoms with van der Waals surface area (Å²) in [4.78, 5) is 17.5. The molecular weight excluding hydrogens is 336 g/mol. The summed E-state index contributed by atoms with van der Waals surface area (Å²) >= 11 is 0. The highest BCUT2D eigenvalue weighted by molar-refractivity contribution is 5.69. The first-order chi connectivity index (χ1) is 13.0. The van der Waals surface area contributed by atoms with Gasteiger partial charge in [-0.1, -0.05) is 44.2 Å². The lowest BCUT2D eigenvalue weighted by atomic mass is 9.74. The summed E-state index contributed by atoms with van der Waals surface area (Å²) in [6.45, 7) is 12.3. The van der Waals surface area contributed by atoms with Crippen molar-refractivity contribution in [2.24, 2.45) is 5.92 Å². The van der Waals surface area contributed by atoms with Crippen molar-refractivity contribution < 1.29 is 9.53 Å². The first-order valence-corrected chi connectivity index (χ1v) is 10.8. The molecule has 4 heteroatoms. The fraction of sp³-hybridized carbons (Fsp3) is 0.696. The van der Waals surface area contributed by atoms with Crippen LogP contribution in [-0.2, 0) is 15.1 Å². The van der Waals surface area contributed by atoms with E-state index in [2.05, 4.69) is 47.9 Å². The summed E-state index contributed by atoms with van der Waals surface area (Å²) in [6.07, 6.45) is 5.24. The SMILES string of the molecule is CCC(=O)OC1(c2ccccc2)CC(C)N(CCCN2CCCC2)CC1C. The van der Waals surface area contributed by atoms with Crippen molar-refractivity contribution in [1.82, 2.24) is 9.80 Å². The molecule has 3 atom stereocenters. The highest BCUT2D eigenvalue weighted by atomic mass is 16.6. The van der Waals surface area contributed by atoms with Crippen LogP contribution in [0.4, 0.5) is 0 Å². The Morgan fingerprint density at radius 2 is 1.85 bits per heavy atom. The highest BCUT2D eigenvalue weighted by Crippen LogP contribution is 2.43. The number of piperidine rings is 1. The molecule has 150 valence electrons. The summed E-state index contributed by atoms with van der Waals surface area (Å²) in [5.74, 6) is 0.179. The van der Waals surface area contributed by atoms with E-state index in [1.54, 1.807) is 0 Å². The van der Waals surface area contributed by atoms with E-state index in [4.69, 9.17) is 4.74 Å². The second kappa shape index (κ2) is 9.20. The van der Waals surface area contributed by atoms with Crippen molar-refractivity contribution >= 4 is 5.97 Å². The molecule has 0 amide bonds. The molecule has 27 heavy (non-hydrogen) atoms. The van der Waals surface area contributed by atoms with Crippen molar-refractivity contribution in [3.8, 4) is 0 Å². The normalized spacial score (nSPS) is 29.7. The Hall–Kier alpha value is -1.39. The van der Waals surface area contributed by atoms with Gasteiger partial charge in [0, 0.05) is 31.3 Å². The van der Waals surface area contributed by atoms with Crippen LogP contribution < -0.4 is 0 Å². The molecule has 3 rings (SSSR count). The molecule has 2 saturated heterocycles. The number of benzene rings is 1. The highest BCUT2D eigenvalue weighted by Gasteiger charge is 2.47. The Morgan fingerprint density at radius 1 is 1.15 bits per heavy atom. The molecule has 0 saturated carbocycles. The average molecular weight is 373 g/mol. The predicted molar refractivity (Wildman–Crippen MR) is 110 cm³/mol. The average Bonchev–Trinajstić information content (AvgIpc) is 3.19. The summed E-state index contributed by atoms with van der Waals surface area (Å²) in [7, 11) is 0. The van der Waals surface area contributed by atoms with Crippen LogP contribution in [0.3, 0.4) is 0 Å². The zero-order valence-corrected chi connectivity index (χ0v) is 17.3. The maximum absolute atomic E-state index is 12.3. The van der Waals surface area contributed by atoms with E-state index in [1.807, 2.05) is 13.0 Å². The number of hydrogen-bond acceptors (Lipinski definition) is 4. The van der Waals surface area contributed by atoms with E-state index in [-0.39, 0.29) is 11.9 Å². The van der Waals surface area contributed by atoms with Crippen molar-refractivity contribution in [2.75, 3.05) is 32.7 Å². The van der Waals surface area contributed by atoms with E-state index in [0.29, 0.717) is 12.5 Å². The van der Waals surface area contributed by atoms with Crippen LogP contribution in [0.5, 0.6) is 0 Å². The zero-order chi connectivity index (χ0) is 19.3. The van der Waals surface area contributed by atoms with Gasteiger partial charge in [-0.15, -0.1) is 0 Å². The standard InChI is InChI=1S/C23H36N2O2/c1-4-22(26)27-23(21-11-6-5-7-12-21)17-20(3)25(18-19(23)2)16-10-15-24-13-8-9-14-24/h5-7,11-12,19-20H,4,8-10,13-18H2,1-3H3. The van der Waals surface area contributed by atoms with Gasteiger partial charge in [0.25, 0.3) is 0 Å². The Kier molecular flexibility index (Phi) is 6.93. The van der Waals surface area contributed by atoms with Crippen molar-refractivity contribution in [3.05, 3.63) is 35.9 Å². The monoisotopic (exact) mass is 372 g/mol. The van der Waals surface area contributed by atoms with Gasteiger partial charge in [-0.2, -0.15) is 0 Å². The minimum atomic E-state index is -0.501. The Morgan fingerprint density at radius 3 is 2.52 bits per heavy atom. The molecule has 0 aliphatic carbocycles. The van der Waals surface area contributed by atoms with E-state index >= 15 is 0 Å². The van der Waals surface area contributed by atoms with Crippen LogP contribution >= 0.6 is 0 Å². The van der Waals surface area contributed by atoms with E-state index in [0.717, 1.165) is 25.1 Å². The number of esters is 1. The molecule has 1 aromatic rings. The minimum Gasteiger partial charge on any atom is -0.454 e. The smallest absolute Gasteiger partial charge is 0.306 e. The van der Waals surface area contributed by atoms with Gasteiger partial charge in [0.05, 0.1) is 0 Å². The third kappa shape index (κ3) is 4.72. The molecule has 2 heterocycles. The van der Waals surface area contributed by atoms with Gasteiger partial charge < -0.3 is 14.5 Å². The van der Waals surface area contributed by atoms with Crippen LogP contribution in [0, 0.1) is 5.92 Å². The van der Waals surface area contributed by atoms with Gasteiger partial charge in [0.2, 0.25) is 0 Å². The van der Waals surface area contributed by atoms with Gasteiger partial charge in [-0.05, 0) is 57.9 Å². The molecule has 1 aromatic carbocycles. The largest absolute Gasteiger partial charge is 0.454 e. The summed E-state index contributed by atoms with van der Waals surface area (Å²) in [5.41, 5.74) is 0.641. The van der Waals surface area contributed by atoms with Crippen molar-refractivity contribution in [2.45, 2.75) is 64.5 Å². The maximum Gasteiger partial charge on any atom is 0.306 e. The topological polar surface area (TPSA) is 32.8 Å². The van der Waals surface area contributed by atoms with Crippen molar-refractivity contribution in [3.63, 3.8) is 0 Å². The lowest BCUT2D eigenvalue weighted by Gasteiger charge is -2.49. The summed E-state index contributed by atoms with van der Waals surface area (Å²) in [6, 6.07) is 10.8. The lowest BCUT2D eigenvalue weighted by Crippen LogP contribution is -2.55. The fourth-order valence-corrected chi connectivity index (χ4v) is 4.86. The molecule has 2 fully saturated rings. The molecule has 2 aliphatic heterocycles. The third-order valence-electron chi connectivity index (χ3n) is 6.49. The van der Waals surface area contributed by atoms with Gasteiger partial charge in [-0.25, -0.2) is 0 Å². The Bertz CT molecular complexity index is 600. The number of carbonyl (C=O) groups is 1. The second-order valence-electron chi connectivity index (χ2n) is 8.43. The van der Waals surface area contributed by atoms with E-state index < -0.39 is 5.60 Å². The first-order valence-electron chi connectivity index (χ1n) is 10.8. The first kappa shape index (κ1) is 20.3. The van der Waals surface area contributed by atoms with Crippen LogP contribution in [0.25, 0.3) is 0 Å². The van der Waals surface area contributed by atoms with Crippen LogP contribution in [0.2, 0.25) is 0 Å². The number of likely N-dealkylation sites (tertiary alicyclic amines) is 2. The molecule has 3 unspecified atom stereocenters. The predicted octanol–water partition coefficient (Wildman–Crippen LogP) is 4.05. The number of carbonyl (C=O) groups excluding carboxylic acids is 1. The molecule has 0 N–H and O–H groups in total. The van der Waals surface area contributed by atoms with Gasteiger partial charge >= 0.3 is 5.97 Å². The number of rotatable bonds is 7. The molecule has 0 spiro atoms. The number of ether oxygens (including phenoxy) is 1. The fourth-order valence-electron chi connectivity index (χ4n) is 4.86. The van der Waals surface area contributed by atoms with Crippen molar-refractivity contribution in [1.29, 1.82) is 0 Å². The quantitative estimate of drug-likeness (QED) is 0.676. The number of hydrogen-bond donors (Lipinski definition) is 0. The minimum absolute atomic E-state index is 0.0969. The Balaban J connectivity index is 1.68. The molecule has 0 radical (unpaired) electrons. The van der Waals surface area contributed by atoms with Crippen LogP contribution in [0.15, 0.2) is 30.3 Å². The van der Waals surface area contributed by atoms with Gasteiger partial charge in [-0.3, -0.25) is 4.79 Å². The maximum atomic E-state index is 12.3. The molecule has 4 nitrogen and oxygen atoms in total. The second-order valence-corrected chi connectivity index (χ2v) is 8.43.